The van der Waals surface area contributed by atoms with Gasteiger partial charge in [0.05, 0.1) is 9.40 Å². The molecular formula is C62H49BN2O2S2. The second kappa shape index (κ2) is 15.6. The van der Waals surface area contributed by atoms with Crippen molar-refractivity contribution in [3.8, 4) is 23.0 Å². The van der Waals surface area contributed by atoms with Gasteiger partial charge in [-0.2, -0.15) is 0 Å². The van der Waals surface area contributed by atoms with E-state index in [0.717, 1.165) is 72.0 Å². The summed E-state index contributed by atoms with van der Waals surface area (Å²) in [5.74, 6) is 3.59. The third-order valence-corrected chi connectivity index (χ3v) is 16.4. The van der Waals surface area contributed by atoms with Gasteiger partial charge in [-0.1, -0.05) is 145 Å². The van der Waals surface area contributed by atoms with Crippen molar-refractivity contribution in [2.24, 2.45) is 0 Å². The summed E-state index contributed by atoms with van der Waals surface area (Å²) in [6.45, 7) is 13.5. The van der Waals surface area contributed by atoms with E-state index in [0.29, 0.717) is 0 Å². The van der Waals surface area contributed by atoms with E-state index in [1.807, 2.05) is 22.7 Å². The molecule has 4 heterocycles. The molecule has 0 saturated heterocycles. The first kappa shape index (κ1) is 41.8. The Morgan fingerprint density at radius 2 is 0.754 bits per heavy atom. The predicted molar refractivity (Wildman–Crippen MR) is 297 cm³/mol. The van der Waals surface area contributed by atoms with Crippen molar-refractivity contribution < 1.29 is 9.47 Å². The van der Waals surface area contributed by atoms with E-state index in [2.05, 4.69) is 239 Å². The van der Waals surface area contributed by atoms with Crippen LogP contribution in [0.2, 0.25) is 0 Å². The highest BCUT2D eigenvalue weighted by atomic mass is 32.1. The molecular weight excluding hydrogens is 880 g/mol. The van der Waals surface area contributed by atoms with Crippen LogP contribution in [0.15, 0.2) is 188 Å². The Morgan fingerprint density at radius 3 is 1.16 bits per heavy atom. The molecule has 0 aliphatic carbocycles. The van der Waals surface area contributed by atoms with Crippen LogP contribution < -0.4 is 35.7 Å². The van der Waals surface area contributed by atoms with E-state index < -0.39 is 0 Å². The van der Waals surface area contributed by atoms with E-state index >= 15 is 0 Å². The minimum atomic E-state index is -0.0478. The molecule has 0 amide bonds. The summed E-state index contributed by atoms with van der Waals surface area (Å²) in [5.41, 5.74) is 13.0. The van der Waals surface area contributed by atoms with Crippen molar-refractivity contribution in [1.82, 2.24) is 0 Å². The van der Waals surface area contributed by atoms with Crippen molar-refractivity contribution >= 4 is 120 Å². The first-order valence-corrected chi connectivity index (χ1v) is 25.5. The van der Waals surface area contributed by atoms with Crippen LogP contribution in [0, 0.1) is 0 Å². The molecule has 13 rings (SSSR count). The van der Waals surface area contributed by atoms with Gasteiger partial charge in [-0.15, -0.1) is 22.7 Å². The zero-order valence-corrected chi connectivity index (χ0v) is 41.1. The lowest BCUT2D eigenvalue weighted by molar-refractivity contribution is 0.470. The molecule has 0 fully saturated rings. The van der Waals surface area contributed by atoms with Gasteiger partial charge in [0.15, 0.2) is 0 Å². The van der Waals surface area contributed by atoms with Crippen LogP contribution in [-0.2, 0) is 10.8 Å². The molecule has 0 unspecified atom stereocenters. The fraction of sp³-hybridized carbons (Fsp3) is 0.129. The highest BCUT2D eigenvalue weighted by molar-refractivity contribution is 7.27. The Morgan fingerprint density at radius 1 is 0.377 bits per heavy atom. The molecule has 69 heavy (non-hydrogen) atoms. The zero-order chi connectivity index (χ0) is 46.8. The first-order chi connectivity index (χ1) is 33.5. The number of rotatable bonds is 6. The highest BCUT2D eigenvalue weighted by Gasteiger charge is 2.42. The normalized spacial score (nSPS) is 13.0. The maximum absolute atomic E-state index is 7.02. The van der Waals surface area contributed by atoms with Gasteiger partial charge in [0.25, 0.3) is 6.71 Å². The second-order valence-corrected chi connectivity index (χ2v) is 22.6. The van der Waals surface area contributed by atoms with Crippen molar-refractivity contribution in [3.63, 3.8) is 0 Å². The van der Waals surface area contributed by atoms with Crippen LogP contribution in [0.25, 0.3) is 40.3 Å². The van der Waals surface area contributed by atoms with Crippen LogP contribution in [0.1, 0.15) is 52.7 Å². The van der Waals surface area contributed by atoms with Crippen LogP contribution in [-0.4, -0.2) is 6.71 Å². The molecule has 7 heteroatoms. The lowest BCUT2D eigenvalue weighted by Crippen LogP contribution is -2.57. The van der Waals surface area contributed by atoms with Crippen molar-refractivity contribution in [2.75, 3.05) is 9.80 Å². The third-order valence-electron chi connectivity index (χ3n) is 14.1. The predicted octanol–water partition coefficient (Wildman–Crippen LogP) is 16.7. The van der Waals surface area contributed by atoms with E-state index in [1.54, 1.807) is 0 Å². The highest BCUT2D eigenvalue weighted by Crippen LogP contribution is 2.49. The number of anilines is 6. The molecule has 4 nitrogen and oxygen atoms in total. The van der Waals surface area contributed by atoms with E-state index in [1.165, 1.54) is 53.0 Å². The molecule has 0 saturated carbocycles. The van der Waals surface area contributed by atoms with Crippen molar-refractivity contribution in [1.29, 1.82) is 0 Å². The number of thiophene rings is 2. The van der Waals surface area contributed by atoms with E-state index in [9.17, 15) is 0 Å². The lowest BCUT2D eigenvalue weighted by Gasteiger charge is -2.33. The Balaban J connectivity index is 0.918. The Bertz CT molecular complexity index is 3560. The molecule has 334 valence electrons. The standard InChI is InChI=1S/C62H49BN2O2S2/c1-61(2,3)38-20-24-42(25-21-38)64(40-14-9-7-10-15-40)44-28-30-46-48-32-34-50-57(59(48)68-54(46)36-44)66-52-18-13-19-53-56(52)63(50)51-35-33-49-47-31-29-45(37-55(47)69-60(49)58(51)67-53)65(41-16-11-8-12-17-41)43-26-22-39(23-27-43)62(4,5)6/h7-37H,1-6H3. The number of hydrogen-bond donors (Lipinski definition) is 0. The molecule has 0 bridgehead atoms. The number of hydrogen-bond acceptors (Lipinski definition) is 6. The Labute approximate surface area is 411 Å². The number of benzene rings is 9. The number of para-hydroxylation sites is 2. The Hall–Kier alpha value is -7.32. The van der Waals surface area contributed by atoms with Gasteiger partial charge in [0, 0.05) is 70.5 Å². The second-order valence-electron chi connectivity index (χ2n) is 20.5. The SMILES string of the molecule is CC(C)(C)c1ccc(N(c2ccccc2)c2ccc3c(c2)sc2c4c(ccc23)B2c3ccc5c(sc6cc(N(c7ccccc7)c7ccc(C(C)(C)C)cc7)ccc65)c3Oc3cccc(c32)O4)cc1. The van der Waals surface area contributed by atoms with Gasteiger partial charge in [-0.05, 0) is 118 Å². The van der Waals surface area contributed by atoms with Gasteiger partial charge < -0.3 is 19.3 Å². The quantitative estimate of drug-likeness (QED) is 0.155. The number of ether oxygens (including phenoxy) is 2. The van der Waals surface area contributed by atoms with Gasteiger partial charge in [0.2, 0.25) is 0 Å². The summed E-state index contributed by atoms with van der Waals surface area (Å²) in [6, 6.07) is 68.7. The van der Waals surface area contributed by atoms with E-state index in [-0.39, 0.29) is 17.5 Å². The summed E-state index contributed by atoms with van der Waals surface area (Å²) < 4.78 is 18.8. The largest absolute Gasteiger partial charge is 0.457 e. The molecule has 0 atom stereocenters. The topological polar surface area (TPSA) is 24.9 Å². The zero-order valence-electron chi connectivity index (χ0n) is 39.5. The summed E-state index contributed by atoms with van der Waals surface area (Å²) in [5, 5.41) is 4.87. The summed E-state index contributed by atoms with van der Waals surface area (Å²) in [7, 11) is 0. The molecule has 2 aromatic heterocycles. The van der Waals surface area contributed by atoms with Gasteiger partial charge in [-0.25, -0.2) is 0 Å². The average Bonchev–Trinajstić information content (AvgIpc) is 3.93. The van der Waals surface area contributed by atoms with Crippen LogP contribution in [0.3, 0.4) is 0 Å². The molecule has 9 aromatic carbocycles. The minimum absolute atomic E-state index is 0.0478. The van der Waals surface area contributed by atoms with Gasteiger partial charge >= 0.3 is 0 Å². The maximum Gasteiger partial charge on any atom is 0.260 e. The molecule has 0 spiro atoms. The number of nitrogens with zero attached hydrogens (tertiary/aromatic N) is 2. The fourth-order valence-corrected chi connectivity index (χ4v) is 13.0. The maximum atomic E-state index is 7.02. The minimum Gasteiger partial charge on any atom is -0.457 e. The monoisotopic (exact) mass is 928 g/mol. The summed E-state index contributed by atoms with van der Waals surface area (Å²) >= 11 is 3.63. The third kappa shape index (κ3) is 6.85. The molecule has 11 aromatic rings. The fourth-order valence-electron chi connectivity index (χ4n) is 10.5. The van der Waals surface area contributed by atoms with Gasteiger partial charge in [-0.3, -0.25) is 0 Å². The van der Waals surface area contributed by atoms with E-state index in [4.69, 9.17) is 9.47 Å². The molecule has 0 N–H and O–H groups in total. The van der Waals surface area contributed by atoms with Gasteiger partial charge in [0.1, 0.15) is 23.0 Å². The lowest BCUT2D eigenvalue weighted by atomic mass is 9.35. The van der Waals surface area contributed by atoms with Crippen LogP contribution in [0.4, 0.5) is 34.1 Å². The first-order valence-electron chi connectivity index (χ1n) is 23.8. The summed E-state index contributed by atoms with van der Waals surface area (Å²) in [4.78, 5) is 4.72. The number of fused-ring (bicyclic) bond motifs is 12. The average molecular weight is 929 g/mol. The molecule has 2 aliphatic rings. The summed E-state index contributed by atoms with van der Waals surface area (Å²) in [6.07, 6.45) is 0. The molecule has 2 aliphatic heterocycles. The van der Waals surface area contributed by atoms with Crippen molar-refractivity contribution in [3.05, 3.63) is 199 Å². The molecule has 0 radical (unpaired) electrons. The smallest absolute Gasteiger partial charge is 0.260 e. The Kier molecular flexibility index (Phi) is 9.46. The van der Waals surface area contributed by atoms with Crippen molar-refractivity contribution in [2.45, 2.75) is 52.4 Å². The van der Waals surface area contributed by atoms with Crippen LogP contribution >= 0.6 is 22.7 Å². The van der Waals surface area contributed by atoms with Crippen LogP contribution in [0.5, 0.6) is 23.0 Å².